The number of carbonyl (C=O) groups is 1. The minimum absolute atomic E-state index is 0.317. The quantitative estimate of drug-likeness (QED) is 0.801. The predicted molar refractivity (Wildman–Crippen MR) is 91.7 cm³/mol. The molecule has 0 atom stereocenters. The third kappa shape index (κ3) is 3.52. The zero-order chi connectivity index (χ0) is 16.7. The minimum atomic E-state index is -0.319. The second kappa shape index (κ2) is 6.04. The standard InChI is InChI=1S/C18H26BNO3/c1-17(2)18(3,4)23-19(22-17)15-7-5-6-14(12-15)13-20-10-8-16(21)9-11-20/h5-7,12H,8-11,13H2,1-4H3. The van der Waals surface area contributed by atoms with Gasteiger partial charge in [-0.2, -0.15) is 0 Å². The van der Waals surface area contributed by atoms with E-state index in [-0.39, 0.29) is 18.3 Å². The number of rotatable bonds is 3. The summed E-state index contributed by atoms with van der Waals surface area (Å²) in [6.45, 7) is 10.9. The maximum absolute atomic E-state index is 11.4. The number of nitrogens with zero attached hydrogens (tertiary/aromatic N) is 1. The molecule has 2 heterocycles. The Morgan fingerprint density at radius 3 is 2.30 bits per heavy atom. The van der Waals surface area contributed by atoms with Crippen LogP contribution in [0.1, 0.15) is 46.1 Å². The molecule has 2 aliphatic rings. The molecule has 2 fully saturated rings. The van der Waals surface area contributed by atoms with E-state index in [4.69, 9.17) is 9.31 Å². The highest BCUT2D eigenvalue weighted by Gasteiger charge is 2.51. The zero-order valence-corrected chi connectivity index (χ0v) is 14.6. The van der Waals surface area contributed by atoms with E-state index < -0.39 is 0 Å². The monoisotopic (exact) mass is 315 g/mol. The fraction of sp³-hybridized carbons (Fsp3) is 0.611. The SMILES string of the molecule is CC1(C)OB(c2cccc(CN3CCC(=O)CC3)c2)OC1(C)C. The van der Waals surface area contributed by atoms with Crippen molar-refractivity contribution in [2.75, 3.05) is 13.1 Å². The summed E-state index contributed by atoms with van der Waals surface area (Å²) in [5.74, 6) is 0.382. The van der Waals surface area contributed by atoms with Crippen LogP contribution in [0.5, 0.6) is 0 Å². The third-order valence-electron chi connectivity index (χ3n) is 5.30. The Morgan fingerprint density at radius 1 is 1.09 bits per heavy atom. The molecule has 0 unspecified atom stereocenters. The van der Waals surface area contributed by atoms with Gasteiger partial charge in [-0.25, -0.2) is 0 Å². The molecule has 4 nitrogen and oxygen atoms in total. The first-order chi connectivity index (χ1) is 10.8. The fourth-order valence-corrected chi connectivity index (χ4v) is 3.04. The second-order valence-electron chi connectivity index (χ2n) is 7.65. The number of likely N-dealkylation sites (tertiary alicyclic amines) is 1. The summed E-state index contributed by atoms with van der Waals surface area (Å²) in [5, 5.41) is 0. The van der Waals surface area contributed by atoms with Crippen LogP contribution in [0.3, 0.4) is 0 Å². The molecule has 2 aliphatic heterocycles. The molecule has 0 spiro atoms. The summed E-state index contributed by atoms with van der Waals surface area (Å²) in [6.07, 6.45) is 1.35. The summed E-state index contributed by atoms with van der Waals surface area (Å²) < 4.78 is 12.3. The van der Waals surface area contributed by atoms with Gasteiger partial charge in [0.2, 0.25) is 0 Å². The molecule has 1 aromatic carbocycles. The van der Waals surface area contributed by atoms with Crippen molar-refractivity contribution in [2.24, 2.45) is 0 Å². The van der Waals surface area contributed by atoms with Crippen LogP contribution >= 0.6 is 0 Å². The average Bonchev–Trinajstić information content (AvgIpc) is 2.70. The van der Waals surface area contributed by atoms with Crippen LogP contribution < -0.4 is 5.46 Å². The lowest BCUT2D eigenvalue weighted by molar-refractivity contribution is -0.121. The van der Waals surface area contributed by atoms with Gasteiger partial charge in [-0.3, -0.25) is 9.69 Å². The van der Waals surface area contributed by atoms with Gasteiger partial charge in [0.15, 0.2) is 0 Å². The molecule has 23 heavy (non-hydrogen) atoms. The van der Waals surface area contributed by atoms with Crippen molar-refractivity contribution in [3.63, 3.8) is 0 Å². The first-order valence-corrected chi connectivity index (χ1v) is 8.45. The van der Waals surface area contributed by atoms with Crippen molar-refractivity contribution >= 4 is 18.4 Å². The number of hydrogen-bond donors (Lipinski definition) is 0. The summed E-state index contributed by atoms with van der Waals surface area (Å²) in [7, 11) is -0.317. The topological polar surface area (TPSA) is 38.8 Å². The molecular weight excluding hydrogens is 289 g/mol. The van der Waals surface area contributed by atoms with Crippen LogP contribution in [0.15, 0.2) is 24.3 Å². The van der Waals surface area contributed by atoms with Gasteiger partial charge in [0.1, 0.15) is 5.78 Å². The Kier molecular flexibility index (Phi) is 4.38. The molecule has 5 heteroatoms. The van der Waals surface area contributed by atoms with Crippen molar-refractivity contribution in [3.8, 4) is 0 Å². The normalized spacial score (nSPS) is 24.2. The van der Waals surface area contributed by atoms with Crippen LogP contribution in [-0.2, 0) is 20.6 Å². The summed E-state index contributed by atoms with van der Waals surface area (Å²) >= 11 is 0. The summed E-state index contributed by atoms with van der Waals surface area (Å²) in [6, 6.07) is 8.42. The number of piperidine rings is 1. The molecular formula is C18H26BNO3. The van der Waals surface area contributed by atoms with Gasteiger partial charge < -0.3 is 9.31 Å². The van der Waals surface area contributed by atoms with E-state index in [0.717, 1.165) is 25.1 Å². The van der Waals surface area contributed by atoms with Gasteiger partial charge >= 0.3 is 7.12 Å². The lowest BCUT2D eigenvalue weighted by Gasteiger charge is -2.32. The van der Waals surface area contributed by atoms with E-state index in [9.17, 15) is 4.79 Å². The summed E-state index contributed by atoms with van der Waals surface area (Å²) in [4.78, 5) is 13.7. The number of hydrogen-bond acceptors (Lipinski definition) is 4. The molecule has 0 bridgehead atoms. The molecule has 0 radical (unpaired) electrons. The van der Waals surface area contributed by atoms with Crippen molar-refractivity contribution in [1.82, 2.24) is 4.90 Å². The van der Waals surface area contributed by atoms with Crippen molar-refractivity contribution < 1.29 is 14.1 Å². The largest absolute Gasteiger partial charge is 0.494 e. The lowest BCUT2D eigenvalue weighted by Crippen LogP contribution is -2.41. The molecule has 0 N–H and O–H groups in total. The number of ketones is 1. The minimum Gasteiger partial charge on any atom is -0.399 e. The Labute approximate surface area is 139 Å². The second-order valence-corrected chi connectivity index (χ2v) is 7.65. The maximum atomic E-state index is 11.4. The van der Waals surface area contributed by atoms with Crippen molar-refractivity contribution in [2.45, 2.75) is 58.3 Å². The molecule has 0 aromatic heterocycles. The predicted octanol–water partition coefficient (Wildman–Crippen LogP) is 2.15. The highest BCUT2D eigenvalue weighted by atomic mass is 16.7. The van der Waals surface area contributed by atoms with E-state index in [2.05, 4.69) is 56.9 Å². The molecule has 2 saturated heterocycles. The van der Waals surface area contributed by atoms with Crippen molar-refractivity contribution in [3.05, 3.63) is 29.8 Å². The molecule has 1 aromatic rings. The number of carbonyl (C=O) groups excluding carboxylic acids is 1. The third-order valence-corrected chi connectivity index (χ3v) is 5.30. The fourth-order valence-electron chi connectivity index (χ4n) is 3.04. The van der Waals surface area contributed by atoms with E-state index >= 15 is 0 Å². The zero-order valence-electron chi connectivity index (χ0n) is 14.6. The van der Waals surface area contributed by atoms with Gasteiger partial charge in [0.05, 0.1) is 11.2 Å². The lowest BCUT2D eigenvalue weighted by atomic mass is 9.78. The van der Waals surface area contributed by atoms with Gasteiger partial charge in [-0.15, -0.1) is 0 Å². The molecule has 124 valence electrons. The van der Waals surface area contributed by atoms with Gasteiger partial charge in [-0.1, -0.05) is 24.3 Å². The Bertz CT molecular complexity index is 574. The average molecular weight is 315 g/mol. The number of Topliss-reactive ketones (excluding diaryl/α,β-unsaturated/α-hetero) is 1. The van der Waals surface area contributed by atoms with E-state index in [1.165, 1.54) is 5.56 Å². The highest BCUT2D eigenvalue weighted by Crippen LogP contribution is 2.36. The van der Waals surface area contributed by atoms with E-state index in [0.29, 0.717) is 18.6 Å². The molecule has 0 amide bonds. The smallest absolute Gasteiger partial charge is 0.399 e. The first-order valence-electron chi connectivity index (χ1n) is 8.45. The van der Waals surface area contributed by atoms with Crippen LogP contribution in [-0.4, -0.2) is 42.1 Å². The highest BCUT2D eigenvalue weighted by molar-refractivity contribution is 6.62. The van der Waals surface area contributed by atoms with Gasteiger partial charge in [0, 0.05) is 32.5 Å². The molecule has 3 rings (SSSR count). The van der Waals surface area contributed by atoms with Crippen LogP contribution in [0, 0.1) is 0 Å². The van der Waals surface area contributed by atoms with E-state index in [1.54, 1.807) is 0 Å². The van der Waals surface area contributed by atoms with E-state index in [1.807, 2.05) is 0 Å². The Morgan fingerprint density at radius 2 is 1.70 bits per heavy atom. The van der Waals surface area contributed by atoms with Crippen LogP contribution in [0.25, 0.3) is 0 Å². The van der Waals surface area contributed by atoms with Crippen molar-refractivity contribution in [1.29, 1.82) is 0 Å². The Balaban J connectivity index is 1.70. The van der Waals surface area contributed by atoms with Crippen LogP contribution in [0.4, 0.5) is 0 Å². The van der Waals surface area contributed by atoms with Gasteiger partial charge in [0.25, 0.3) is 0 Å². The first kappa shape index (κ1) is 16.7. The summed E-state index contributed by atoms with van der Waals surface area (Å²) in [5.41, 5.74) is 1.67. The number of benzene rings is 1. The molecule has 0 aliphatic carbocycles. The van der Waals surface area contributed by atoms with Gasteiger partial charge in [-0.05, 0) is 38.7 Å². The Hall–Kier alpha value is -1.17. The maximum Gasteiger partial charge on any atom is 0.494 e. The molecule has 0 saturated carbocycles. The van der Waals surface area contributed by atoms with Crippen LogP contribution in [0.2, 0.25) is 0 Å².